The maximum atomic E-state index is 13.1. The second-order valence-corrected chi connectivity index (χ2v) is 8.98. The standard InChI is InChI=1S/C25H23N5O4S/c1-4-33-21-12-8-6-10-19(21)30-25(27-28-29-30)35-15(2)24(31)26-18-14-22-17(13-23(18)32-3)16-9-5-7-11-20(16)34-22/h5-15H,4H2,1-3H3,(H,26,31). The molecule has 0 saturated carbocycles. The van der Waals surface area contributed by atoms with E-state index in [0.717, 1.165) is 16.4 Å². The molecule has 1 atom stereocenters. The second-order valence-electron chi connectivity index (χ2n) is 7.67. The van der Waals surface area contributed by atoms with Crippen LogP contribution in [0.4, 0.5) is 5.69 Å². The molecule has 0 aliphatic rings. The monoisotopic (exact) mass is 489 g/mol. The highest BCUT2D eigenvalue weighted by Crippen LogP contribution is 2.37. The third kappa shape index (κ3) is 4.40. The van der Waals surface area contributed by atoms with Crippen LogP contribution >= 0.6 is 11.8 Å². The van der Waals surface area contributed by atoms with Gasteiger partial charge in [-0.05, 0) is 48.5 Å². The summed E-state index contributed by atoms with van der Waals surface area (Å²) >= 11 is 1.24. The molecule has 0 aliphatic carbocycles. The van der Waals surface area contributed by atoms with Gasteiger partial charge in [0.05, 0.1) is 24.7 Å². The van der Waals surface area contributed by atoms with Gasteiger partial charge in [0.25, 0.3) is 0 Å². The Bertz CT molecular complexity index is 1510. The number of thioether (sulfide) groups is 1. The van der Waals surface area contributed by atoms with E-state index < -0.39 is 5.25 Å². The van der Waals surface area contributed by atoms with E-state index in [9.17, 15) is 4.79 Å². The molecule has 0 radical (unpaired) electrons. The van der Waals surface area contributed by atoms with Gasteiger partial charge in [-0.1, -0.05) is 42.1 Å². The minimum absolute atomic E-state index is 0.226. The fourth-order valence-electron chi connectivity index (χ4n) is 3.78. The number of methoxy groups -OCH3 is 1. The SMILES string of the molecule is CCOc1ccccc1-n1nnnc1SC(C)C(=O)Nc1cc2oc3ccccc3c2cc1OC. The van der Waals surface area contributed by atoms with Crippen LogP contribution in [-0.4, -0.2) is 45.1 Å². The summed E-state index contributed by atoms with van der Waals surface area (Å²) in [6.07, 6.45) is 0. The predicted molar refractivity (Wildman–Crippen MR) is 135 cm³/mol. The summed E-state index contributed by atoms with van der Waals surface area (Å²) in [6.45, 7) is 4.22. The number of ether oxygens (including phenoxy) is 2. The largest absolute Gasteiger partial charge is 0.495 e. The topological polar surface area (TPSA) is 104 Å². The van der Waals surface area contributed by atoms with Crippen LogP contribution in [0, 0.1) is 0 Å². The number of benzene rings is 3. The molecule has 2 heterocycles. The molecule has 0 bridgehead atoms. The molecule has 10 heteroatoms. The number of rotatable bonds is 8. The Labute approximate surface area is 205 Å². The van der Waals surface area contributed by atoms with Gasteiger partial charge in [-0.15, -0.1) is 5.10 Å². The molecule has 0 spiro atoms. The Morgan fingerprint density at radius 1 is 1.09 bits per heavy atom. The number of fused-ring (bicyclic) bond motifs is 3. The first-order valence-electron chi connectivity index (χ1n) is 11.1. The van der Waals surface area contributed by atoms with Gasteiger partial charge in [0.2, 0.25) is 11.1 Å². The van der Waals surface area contributed by atoms with Crippen LogP contribution in [0.2, 0.25) is 0 Å². The molecule has 1 unspecified atom stereocenters. The number of anilines is 1. The summed E-state index contributed by atoms with van der Waals surface area (Å²) in [5, 5.41) is 16.8. The van der Waals surface area contributed by atoms with Gasteiger partial charge in [0, 0.05) is 16.8 Å². The molecule has 0 fully saturated rings. The normalized spacial score (nSPS) is 12.1. The fraction of sp³-hybridized carbons (Fsp3) is 0.200. The van der Waals surface area contributed by atoms with Crippen molar-refractivity contribution in [1.82, 2.24) is 20.2 Å². The van der Waals surface area contributed by atoms with E-state index in [1.165, 1.54) is 11.8 Å². The van der Waals surface area contributed by atoms with E-state index in [4.69, 9.17) is 13.9 Å². The van der Waals surface area contributed by atoms with Gasteiger partial charge in [-0.3, -0.25) is 4.79 Å². The number of nitrogens with zero attached hydrogens (tertiary/aromatic N) is 4. The summed E-state index contributed by atoms with van der Waals surface area (Å²) < 4.78 is 18.8. The second kappa shape index (κ2) is 9.67. The van der Waals surface area contributed by atoms with Gasteiger partial charge in [-0.2, -0.15) is 4.68 Å². The summed E-state index contributed by atoms with van der Waals surface area (Å²) in [5.41, 5.74) is 2.67. The van der Waals surface area contributed by atoms with Gasteiger partial charge >= 0.3 is 0 Å². The highest BCUT2D eigenvalue weighted by Gasteiger charge is 2.22. The van der Waals surface area contributed by atoms with Crippen LogP contribution in [0.5, 0.6) is 11.5 Å². The molecule has 0 aliphatic heterocycles. The van der Waals surface area contributed by atoms with Crippen LogP contribution < -0.4 is 14.8 Å². The third-order valence-corrected chi connectivity index (χ3v) is 6.48. The van der Waals surface area contributed by atoms with E-state index in [0.29, 0.717) is 40.2 Å². The smallest absolute Gasteiger partial charge is 0.237 e. The molecule has 35 heavy (non-hydrogen) atoms. The Kier molecular flexibility index (Phi) is 6.28. The summed E-state index contributed by atoms with van der Waals surface area (Å²) in [5.74, 6) is 0.978. The minimum Gasteiger partial charge on any atom is -0.495 e. The van der Waals surface area contributed by atoms with Crippen LogP contribution in [0.1, 0.15) is 13.8 Å². The molecule has 3 aromatic carbocycles. The van der Waals surface area contributed by atoms with Gasteiger partial charge in [0.1, 0.15) is 28.4 Å². The van der Waals surface area contributed by atoms with E-state index in [-0.39, 0.29) is 5.91 Å². The molecule has 5 rings (SSSR count). The van der Waals surface area contributed by atoms with Crippen molar-refractivity contribution in [2.24, 2.45) is 0 Å². The zero-order chi connectivity index (χ0) is 24.4. The Hall–Kier alpha value is -4.05. The molecular weight excluding hydrogens is 466 g/mol. The molecule has 0 saturated heterocycles. The lowest BCUT2D eigenvalue weighted by Gasteiger charge is -2.15. The number of hydrogen-bond donors (Lipinski definition) is 1. The van der Waals surface area contributed by atoms with Crippen molar-refractivity contribution >= 4 is 45.3 Å². The fourth-order valence-corrected chi connectivity index (χ4v) is 4.58. The lowest BCUT2D eigenvalue weighted by atomic mass is 10.1. The maximum absolute atomic E-state index is 13.1. The lowest BCUT2D eigenvalue weighted by molar-refractivity contribution is -0.115. The number of carbonyl (C=O) groups is 1. The van der Waals surface area contributed by atoms with E-state index in [2.05, 4.69) is 20.8 Å². The first-order chi connectivity index (χ1) is 17.1. The van der Waals surface area contributed by atoms with E-state index >= 15 is 0 Å². The molecule has 1 N–H and O–H groups in total. The molecule has 9 nitrogen and oxygen atoms in total. The van der Waals surface area contributed by atoms with Crippen molar-refractivity contribution < 1.29 is 18.7 Å². The average molecular weight is 490 g/mol. The highest BCUT2D eigenvalue weighted by molar-refractivity contribution is 8.00. The molecule has 5 aromatic rings. The Morgan fingerprint density at radius 2 is 1.89 bits per heavy atom. The Morgan fingerprint density at radius 3 is 2.71 bits per heavy atom. The summed E-state index contributed by atoms with van der Waals surface area (Å²) in [7, 11) is 1.57. The van der Waals surface area contributed by atoms with Crippen LogP contribution in [0.25, 0.3) is 27.6 Å². The number of furan rings is 1. The predicted octanol–water partition coefficient (Wildman–Crippen LogP) is 5.09. The number of carbonyl (C=O) groups excluding carboxylic acids is 1. The zero-order valence-electron chi connectivity index (χ0n) is 19.4. The quantitative estimate of drug-likeness (QED) is 0.301. The summed E-state index contributed by atoms with van der Waals surface area (Å²) in [4.78, 5) is 13.1. The van der Waals surface area contributed by atoms with Crippen molar-refractivity contribution in [1.29, 1.82) is 0 Å². The number of aromatic nitrogens is 4. The van der Waals surface area contributed by atoms with E-state index in [1.54, 1.807) is 24.8 Å². The number of nitrogens with one attached hydrogen (secondary N) is 1. The van der Waals surface area contributed by atoms with Crippen molar-refractivity contribution in [2.75, 3.05) is 19.0 Å². The van der Waals surface area contributed by atoms with Gasteiger partial charge in [0.15, 0.2) is 0 Å². The third-order valence-electron chi connectivity index (χ3n) is 5.44. The highest BCUT2D eigenvalue weighted by atomic mass is 32.2. The number of tetrazole rings is 1. The number of hydrogen-bond acceptors (Lipinski definition) is 8. The van der Waals surface area contributed by atoms with Crippen molar-refractivity contribution in [3.05, 3.63) is 60.7 Å². The average Bonchev–Trinajstić information content (AvgIpc) is 3.47. The van der Waals surface area contributed by atoms with Crippen molar-refractivity contribution in [2.45, 2.75) is 24.3 Å². The maximum Gasteiger partial charge on any atom is 0.237 e. The molecule has 2 aromatic heterocycles. The molecular formula is C25H23N5O4S. The Balaban J connectivity index is 1.38. The minimum atomic E-state index is -0.505. The summed E-state index contributed by atoms with van der Waals surface area (Å²) in [6, 6.07) is 18.9. The van der Waals surface area contributed by atoms with Crippen molar-refractivity contribution in [3.63, 3.8) is 0 Å². The first kappa shape index (κ1) is 22.7. The van der Waals surface area contributed by atoms with Crippen LogP contribution in [0.3, 0.4) is 0 Å². The lowest BCUT2D eigenvalue weighted by Crippen LogP contribution is -2.23. The van der Waals surface area contributed by atoms with E-state index in [1.807, 2.05) is 61.5 Å². The van der Waals surface area contributed by atoms with Crippen LogP contribution in [0.15, 0.2) is 70.2 Å². The van der Waals surface area contributed by atoms with Crippen LogP contribution in [-0.2, 0) is 4.79 Å². The molecule has 178 valence electrons. The molecule has 1 amide bonds. The van der Waals surface area contributed by atoms with Gasteiger partial charge < -0.3 is 19.2 Å². The number of amides is 1. The zero-order valence-corrected chi connectivity index (χ0v) is 20.2. The number of para-hydroxylation sites is 3. The van der Waals surface area contributed by atoms with Crippen molar-refractivity contribution in [3.8, 4) is 17.2 Å². The van der Waals surface area contributed by atoms with Gasteiger partial charge in [-0.25, -0.2) is 0 Å². The first-order valence-corrected chi connectivity index (χ1v) is 11.9.